The molecule has 0 spiro atoms. The van der Waals surface area contributed by atoms with Crippen molar-refractivity contribution in [1.82, 2.24) is 24.0 Å². The molecule has 0 radical (unpaired) electrons. The molecular weight excluding hydrogens is 402 g/mol. The van der Waals surface area contributed by atoms with Gasteiger partial charge in [0.25, 0.3) is 5.56 Å². The fraction of sp³-hybridized carbons (Fsp3) is 0.280. The van der Waals surface area contributed by atoms with Gasteiger partial charge in [0, 0.05) is 26.0 Å². The second kappa shape index (κ2) is 8.51. The van der Waals surface area contributed by atoms with Crippen molar-refractivity contribution in [2.75, 3.05) is 6.54 Å². The lowest BCUT2D eigenvalue weighted by molar-refractivity contribution is 0.244. The molecule has 0 N–H and O–H groups in total. The molecule has 4 aromatic rings. The standard InChI is InChI=1S/C25H25N5O2/c1-28-24(31)20-9-10-21(22-8-5-15-29(22)16-19-11-13-26-14-12-19)27-23(20)30(25(28)32)17-18-6-3-2-4-7-18/h2-4,6-7,9-14,22H,5,8,15-17H2,1H3/t22-/m1/s1. The first-order valence-electron chi connectivity index (χ1n) is 10.9. The largest absolute Gasteiger partial charge is 0.332 e. The number of hydrogen-bond acceptors (Lipinski definition) is 5. The average molecular weight is 428 g/mol. The van der Waals surface area contributed by atoms with Crippen molar-refractivity contribution < 1.29 is 0 Å². The molecule has 1 aromatic carbocycles. The molecule has 1 saturated heterocycles. The van der Waals surface area contributed by atoms with Gasteiger partial charge in [-0.2, -0.15) is 0 Å². The first kappa shape index (κ1) is 20.3. The minimum absolute atomic E-state index is 0.150. The van der Waals surface area contributed by atoms with Gasteiger partial charge in [-0.15, -0.1) is 0 Å². The molecule has 1 aliphatic rings. The van der Waals surface area contributed by atoms with E-state index in [4.69, 9.17) is 4.98 Å². The molecule has 4 heterocycles. The quantitative estimate of drug-likeness (QED) is 0.490. The summed E-state index contributed by atoms with van der Waals surface area (Å²) >= 11 is 0. The number of benzene rings is 1. The van der Waals surface area contributed by atoms with E-state index in [1.807, 2.05) is 67.0 Å². The highest BCUT2D eigenvalue weighted by Crippen LogP contribution is 2.32. The Hall–Kier alpha value is -3.58. The zero-order valence-corrected chi connectivity index (χ0v) is 18.0. The van der Waals surface area contributed by atoms with Crippen LogP contribution in [-0.4, -0.2) is 30.5 Å². The molecule has 1 fully saturated rings. The molecule has 5 rings (SSSR count). The first-order valence-corrected chi connectivity index (χ1v) is 10.9. The molecule has 0 bridgehead atoms. The van der Waals surface area contributed by atoms with Crippen LogP contribution >= 0.6 is 0 Å². The molecule has 1 aliphatic heterocycles. The minimum atomic E-state index is -0.351. The molecule has 1 atom stereocenters. The topological polar surface area (TPSA) is 73.0 Å². The number of hydrogen-bond donors (Lipinski definition) is 0. The number of nitrogens with zero attached hydrogens (tertiary/aromatic N) is 5. The zero-order valence-electron chi connectivity index (χ0n) is 18.0. The van der Waals surface area contributed by atoms with Gasteiger partial charge in [-0.1, -0.05) is 30.3 Å². The third kappa shape index (κ3) is 3.76. The second-order valence-corrected chi connectivity index (χ2v) is 8.31. The summed E-state index contributed by atoms with van der Waals surface area (Å²) in [6.45, 7) is 2.17. The van der Waals surface area contributed by atoms with Crippen molar-refractivity contribution in [2.24, 2.45) is 7.05 Å². The second-order valence-electron chi connectivity index (χ2n) is 8.31. The van der Waals surface area contributed by atoms with E-state index in [0.717, 1.165) is 41.8 Å². The molecule has 3 aromatic heterocycles. The SMILES string of the molecule is Cn1c(=O)c2ccc([C@H]3CCCN3Cc3ccncc3)nc2n(Cc2ccccc2)c1=O. The van der Waals surface area contributed by atoms with Crippen LogP contribution in [0.5, 0.6) is 0 Å². The fourth-order valence-corrected chi connectivity index (χ4v) is 4.54. The molecule has 32 heavy (non-hydrogen) atoms. The summed E-state index contributed by atoms with van der Waals surface area (Å²) in [6, 6.07) is 17.8. The maximum Gasteiger partial charge on any atom is 0.332 e. The van der Waals surface area contributed by atoms with Crippen molar-refractivity contribution in [3.63, 3.8) is 0 Å². The van der Waals surface area contributed by atoms with Crippen LogP contribution in [0, 0.1) is 0 Å². The highest BCUT2D eigenvalue weighted by atomic mass is 16.2. The van der Waals surface area contributed by atoms with Crippen LogP contribution in [0.1, 0.15) is 35.7 Å². The van der Waals surface area contributed by atoms with Gasteiger partial charge in [-0.05, 0) is 54.8 Å². The van der Waals surface area contributed by atoms with E-state index in [-0.39, 0.29) is 17.3 Å². The van der Waals surface area contributed by atoms with Crippen LogP contribution in [0.4, 0.5) is 0 Å². The van der Waals surface area contributed by atoms with Crippen molar-refractivity contribution in [1.29, 1.82) is 0 Å². The van der Waals surface area contributed by atoms with Gasteiger partial charge >= 0.3 is 5.69 Å². The number of fused-ring (bicyclic) bond motifs is 1. The Morgan fingerprint density at radius 1 is 0.938 bits per heavy atom. The Labute approximate surface area is 185 Å². The monoisotopic (exact) mass is 427 g/mol. The lowest BCUT2D eigenvalue weighted by atomic mass is 10.1. The highest BCUT2D eigenvalue weighted by molar-refractivity contribution is 5.74. The lowest BCUT2D eigenvalue weighted by Gasteiger charge is -2.24. The molecule has 162 valence electrons. The number of rotatable bonds is 5. The van der Waals surface area contributed by atoms with Crippen LogP contribution in [-0.2, 0) is 20.1 Å². The third-order valence-corrected chi connectivity index (χ3v) is 6.23. The van der Waals surface area contributed by atoms with Crippen molar-refractivity contribution in [2.45, 2.75) is 32.0 Å². The van der Waals surface area contributed by atoms with Gasteiger partial charge < -0.3 is 0 Å². The Bertz CT molecular complexity index is 1360. The lowest BCUT2D eigenvalue weighted by Crippen LogP contribution is -2.39. The van der Waals surface area contributed by atoms with Crippen LogP contribution in [0.3, 0.4) is 0 Å². The summed E-state index contributed by atoms with van der Waals surface area (Å²) in [5.41, 5.74) is 2.89. The summed E-state index contributed by atoms with van der Waals surface area (Å²) < 4.78 is 2.77. The molecule has 7 heteroatoms. The Morgan fingerprint density at radius 2 is 1.69 bits per heavy atom. The summed E-state index contributed by atoms with van der Waals surface area (Å²) in [5, 5.41) is 0.463. The van der Waals surface area contributed by atoms with Gasteiger partial charge in [0.1, 0.15) is 5.65 Å². The summed E-state index contributed by atoms with van der Waals surface area (Å²) in [5.74, 6) is 0. The molecule has 0 saturated carbocycles. The predicted octanol–water partition coefficient (Wildman–Crippen LogP) is 2.88. The molecular formula is C25H25N5O2. The average Bonchev–Trinajstić information content (AvgIpc) is 3.29. The Kier molecular flexibility index (Phi) is 5.41. The Morgan fingerprint density at radius 3 is 2.47 bits per heavy atom. The molecule has 0 aliphatic carbocycles. The van der Waals surface area contributed by atoms with Gasteiger partial charge in [0.15, 0.2) is 0 Å². The van der Waals surface area contributed by atoms with Gasteiger partial charge in [-0.25, -0.2) is 9.78 Å². The molecule has 0 unspecified atom stereocenters. The van der Waals surface area contributed by atoms with Crippen LogP contribution in [0.15, 0.2) is 76.6 Å². The maximum atomic E-state index is 13.0. The van der Waals surface area contributed by atoms with E-state index >= 15 is 0 Å². The van der Waals surface area contributed by atoms with Gasteiger partial charge in [0.05, 0.1) is 23.7 Å². The molecule has 7 nitrogen and oxygen atoms in total. The van der Waals surface area contributed by atoms with Crippen molar-refractivity contribution in [3.05, 3.63) is 105 Å². The van der Waals surface area contributed by atoms with E-state index in [1.165, 1.54) is 12.6 Å². The van der Waals surface area contributed by atoms with Gasteiger partial charge in [-0.3, -0.25) is 23.8 Å². The zero-order chi connectivity index (χ0) is 22.1. The summed E-state index contributed by atoms with van der Waals surface area (Å²) in [7, 11) is 1.52. The van der Waals surface area contributed by atoms with E-state index < -0.39 is 0 Å². The smallest absolute Gasteiger partial charge is 0.291 e. The number of aromatic nitrogens is 4. The maximum absolute atomic E-state index is 13.0. The summed E-state index contributed by atoms with van der Waals surface area (Å²) in [4.78, 5) is 37.2. The fourth-order valence-electron chi connectivity index (χ4n) is 4.54. The normalized spacial score (nSPS) is 16.6. The Balaban J connectivity index is 1.58. The number of likely N-dealkylation sites (tertiary alicyclic amines) is 1. The van der Waals surface area contributed by atoms with Crippen LogP contribution in [0.2, 0.25) is 0 Å². The molecule has 0 amide bonds. The van der Waals surface area contributed by atoms with Crippen molar-refractivity contribution >= 4 is 11.0 Å². The summed E-state index contributed by atoms with van der Waals surface area (Å²) in [6.07, 6.45) is 5.71. The third-order valence-electron chi connectivity index (χ3n) is 6.23. The van der Waals surface area contributed by atoms with E-state index in [0.29, 0.717) is 17.6 Å². The highest BCUT2D eigenvalue weighted by Gasteiger charge is 2.28. The predicted molar refractivity (Wildman–Crippen MR) is 123 cm³/mol. The van der Waals surface area contributed by atoms with Crippen LogP contribution < -0.4 is 11.2 Å². The van der Waals surface area contributed by atoms with Crippen molar-refractivity contribution in [3.8, 4) is 0 Å². The van der Waals surface area contributed by atoms with E-state index in [2.05, 4.69) is 9.88 Å². The number of pyridine rings is 2. The minimum Gasteiger partial charge on any atom is -0.291 e. The first-order chi connectivity index (χ1) is 15.6. The van der Waals surface area contributed by atoms with E-state index in [9.17, 15) is 9.59 Å². The van der Waals surface area contributed by atoms with Crippen LogP contribution in [0.25, 0.3) is 11.0 Å². The van der Waals surface area contributed by atoms with E-state index in [1.54, 1.807) is 4.57 Å². The van der Waals surface area contributed by atoms with Gasteiger partial charge in [0.2, 0.25) is 0 Å².